The van der Waals surface area contributed by atoms with E-state index in [1.807, 2.05) is 0 Å². The number of aliphatic carboxylic acids is 1. The molecule has 6 heteroatoms. The number of carbonyl (C=O) groups is 2. The van der Waals surface area contributed by atoms with Gasteiger partial charge in [0.1, 0.15) is 6.04 Å². The van der Waals surface area contributed by atoms with Gasteiger partial charge in [0, 0.05) is 19.7 Å². The number of methoxy groups -OCH3 is 1. The number of likely N-dealkylation sites (tertiary alicyclic amines) is 1. The van der Waals surface area contributed by atoms with Crippen LogP contribution >= 0.6 is 0 Å². The molecule has 1 aliphatic carbocycles. The normalized spacial score (nSPS) is 29.9. The van der Waals surface area contributed by atoms with Gasteiger partial charge in [0.05, 0.1) is 6.61 Å². The van der Waals surface area contributed by atoms with Crippen LogP contribution in [0.1, 0.15) is 32.1 Å². The molecule has 2 amide bonds. The monoisotopic (exact) mass is 270 g/mol. The second-order valence-corrected chi connectivity index (χ2v) is 5.33. The van der Waals surface area contributed by atoms with Crippen LogP contribution in [0.3, 0.4) is 0 Å². The van der Waals surface area contributed by atoms with Crippen LogP contribution in [-0.2, 0) is 9.53 Å². The number of nitrogens with one attached hydrogen (secondary N) is 1. The Kier molecular flexibility index (Phi) is 4.63. The molecule has 2 rings (SSSR count). The largest absolute Gasteiger partial charge is 0.480 e. The summed E-state index contributed by atoms with van der Waals surface area (Å²) in [5, 5.41) is 12.0. The van der Waals surface area contributed by atoms with Crippen LogP contribution in [0, 0.1) is 5.92 Å². The number of hydrogen-bond donors (Lipinski definition) is 2. The molecule has 2 N–H and O–H groups in total. The van der Waals surface area contributed by atoms with E-state index in [-0.39, 0.29) is 12.1 Å². The quantitative estimate of drug-likeness (QED) is 0.749. The van der Waals surface area contributed by atoms with E-state index in [1.54, 1.807) is 12.0 Å². The summed E-state index contributed by atoms with van der Waals surface area (Å²) in [4.78, 5) is 25.1. The van der Waals surface area contributed by atoms with E-state index in [0.29, 0.717) is 25.5 Å². The summed E-state index contributed by atoms with van der Waals surface area (Å²) in [7, 11) is 1.57. The highest BCUT2D eigenvalue weighted by Gasteiger charge is 2.47. The molecule has 0 radical (unpaired) electrons. The Morgan fingerprint density at radius 1 is 1.37 bits per heavy atom. The summed E-state index contributed by atoms with van der Waals surface area (Å²) >= 11 is 0. The minimum Gasteiger partial charge on any atom is -0.480 e. The standard InChI is InChI=1S/C13H22N2O4/c1-19-7-6-14-13(18)15-10-5-3-2-4-9(10)8-11(15)12(16)17/h9-11H,2-8H2,1H3,(H,14,18)(H,16,17). The van der Waals surface area contributed by atoms with Crippen molar-refractivity contribution in [3.63, 3.8) is 0 Å². The number of hydrogen-bond acceptors (Lipinski definition) is 3. The maximum atomic E-state index is 12.2. The number of carbonyl (C=O) groups excluding carboxylic acids is 1. The first-order chi connectivity index (χ1) is 9.15. The predicted octanol–water partition coefficient (Wildman–Crippen LogP) is 1.06. The van der Waals surface area contributed by atoms with Gasteiger partial charge in [-0.2, -0.15) is 0 Å². The first-order valence-electron chi connectivity index (χ1n) is 6.93. The SMILES string of the molecule is COCCNC(=O)N1C(C(=O)O)CC2CCCCC21. The number of fused-ring (bicyclic) bond motifs is 1. The molecule has 108 valence electrons. The second kappa shape index (κ2) is 6.23. The maximum absolute atomic E-state index is 12.2. The van der Waals surface area contributed by atoms with Crippen LogP contribution in [0.4, 0.5) is 4.79 Å². The van der Waals surface area contributed by atoms with Gasteiger partial charge in [0.15, 0.2) is 0 Å². The number of carboxylic acids is 1. The fraction of sp³-hybridized carbons (Fsp3) is 0.846. The third kappa shape index (κ3) is 3.00. The maximum Gasteiger partial charge on any atom is 0.326 e. The Hall–Kier alpha value is -1.30. The number of urea groups is 1. The van der Waals surface area contributed by atoms with Gasteiger partial charge in [-0.1, -0.05) is 12.8 Å². The fourth-order valence-corrected chi connectivity index (χ4v) is 3.32. The molecule has 0 bridgehead atoms. The van der Waals surface area contributed by atoms with Crippen LogP contribution in [0.5, 0.6) is 0 Å². The lowest BCUT2D eigenvalue weighted by Crippen LogP contribution is -2.51. The molecular weight excluding hydrogens is 248 g/mol. The smallest absolute Gasteiger partial charge is 0.326 e. The van der Waals surface area contributed by atoms with E-state index in [9.17, 15) is 14.7 Å². The Morgan fingerprint density at radius 3 is 2.79 bits per heavy atom. The molecule has 0 aromatic heterocycles. The van der Waals surface area contributed by atoms with E-state index >= 15 is 0 Å². The Morgan fingerprint density at radius 2 is 2.11 bits per heavy atom. The lowest BCUT2D eigenvalue weighted by Gasteiger charge is -2.32. The van der Waals surface area contributed by atoms with Gasteiger partial charge in [-0.15, -0.1) is 0 Å². The lowest BCUT2D eigenvalue weighted by molar-refractivity contribution is -0.141. The molecule has 0 aromatic carbocycles. The van der Waals surface area contributed by atoms with Crippen LogP contribution in [0.2, 0.25) is 0 Å². The molecule has 19 heavy (non-hydrogen) atoms. The van der Waals surface area contributed by atoms with Crippen LogP contribution in [0.25, 0.3) is 0 Å². The third-order valence-electron chi connectivity index (χ3n) is 4.19. The average molecular weight is 270 g/mol. The zero-order valence-corrected chi connectivity index (χ0v) is 11.3. The first-order valence-corrected chi connectivity index (χ1v) is 6.93. The van der Waals surface area contributed by atoms with Gasteiger partial charge in [-0.05, 0) is 25.2 Å². The van der Waals surface area contributed by atoms with Gasteiger partial charge < -0.3 is 20.1 Å². The highest BCUT2D eigenvalue weighted by molar-refractivity contribution is 5.83. The molecular formula is C13H22N2O4. The van der Waals surface area contributed by atoms with Gasteiger partial charge in [0.2, 0.25) is 0 Å². The van der Waals surface area contributed by atoms with Crippen molar-refractivity contribution in [3.05, 3.63) is 0 Å². The summed E-state index contributed by atoms with van der Waals surface area (Å²) in [6, 6.07) is -0.841. The minimum atomic E-state index is -0.892. The van der Waals surface area contributed by atoms with Crippen molar-refractivity contribution in [1.29, 1.82) is 0 Å². The molecule has 1 aliphatic heterocycles. The summed E-state index contributed by atoms with van der Waals surface area (Å²) in [6.45, 7) is 0.848. The van der Waals surface area contributed by atoms with E-state index in [2.05, 4.69) is 5.32 Å². The Bertz CT molecular complexity index is 348. The molecule has 3 atom stereocenters. The molecule has 6 nitrogen and oxygen atoms in total. The summed E-state index contributed by atoms with van der Waals surface area (Å²) in [5.74, 6) is -0.542. The zero-order chi connectivity index (χ0) is 13.8. The van der Waals surface area contributed by atoms with Crippen molar-refractivity contribution >= 4 is 12.0 Å². The van der Waals surface area contributed by atoms with Crippen molar-refractivity contribution in [1.82, 2.24) is 10.2 Å². The van der Waals surface area contributed by atoms with Gasteiger partial charge in [0.25, 0.3) is 0 Å². The minimum absolute atomic E-state index is 0.0948. The number of carboxylic acid groups (broad SMARTS) is 1. The van der Waals surface area contributed by atoms with Crippen molar-refractivity contribution in [2.75, 3.05) is 20.3 Å². The van der Waals surface area contributed by atoms with Gasteiger partial charge >= 0.3 is 12.0 Å². The number of amides is 2. The molecule has 3 unspecified atom stereocenters. The molecule has 0 aromatic rings. The Labute approximate surface area is 113 Å². The van der Waals surface area contributed by atoms with Crippen molar-refractivity contribution in [2.45, 2.75) is 44.2 Å². The van der Waals surface area contributed by atoms with Gasteiger partial charge in [-0.25, -0.2) is 9.59 Å². The molecule has 1 heterocycles. The summed E-state index contributed by atoms with van der Waals surface area (Å²) < 4.78 is 4.89. The third-order valence-corrected chi connectivity index (χ3v) is 4.19. The Balaban J connectivity index is 2.04. The summed E-state index contributed by atoms with van der Waals surface area (Å²) in [5.41, 5.74) is 0. The molecule has 2 aliphatic rings. The number of rotatable bonds is 4. The molecule has 0 spiro atoms. The fourth-order valence-electron chi connectivity index (χ4n) is 3.32. The van der Waals surface area contributed by atoms with Crippen molar-refractivity contribution in [3.8, 4) is 0 Å². The van der Waals surface area contributed by atoms with E-state index in [0.717, 1.165) is 25.7 Å². The van der Waals surface area contributed by atoms with E-state index in [1.165, 1.54) is 0 Å². The van der Waals surface area contributed by atoms with Crippen molar-refractivity contribution in [2.24, 2.45) is 5.92 Å². The highest BCUT2D eigenvalue weighted by atomic mass is 16.5. The highest BCUT2D eigenvalue weighted by Crippen LogP contribution is 2.39. The summed E-state index contributed by atoms with van der Waals surface area (Å²) in [6.07, 6.45) is 4.78. The van der Waals surface area contributed by atoms with Crippen LogP contribution in [0.15, 0.2) is 0 Å². The molecule has 2 fully saturated rings. The van der Waals surface area contributed by atoms with Gasteiger partial charge in [-0.3, -0.25) is 0 Å². The van der Waals surface area contributed by atoms with E-state index < -0.39 is 12.0 Å². The van der Waals surface area contributed by atoms with Crippen LogP contribution < -0.4 is 5.32 Å². The van der Waals surface area contributed by atoms with E-state index in [4.69, 9.17) is 4.74 Å². The second-order valence-electron chi connectivity index (χ2n) is 5.33. The van der Waals surface area contributed by atoms with Crippen LogP contribution in [-0.4, -0.2) is 54.4 Å². The molecule has 1 saturated heterocycles. The van der Waals surface area contributed by atoms with Crippen molar-refractivity contribution < 1.29 is 19.4 Å². The topological polar surface area (TPSA) is 78.9 Å². The molecule has 1 saturated carbocycles. The average Bonchev–Trinajstić information content (AvgIpc) is 2.78. The predicted molar refractivity (Wildman–Crippen MR) is 68.9 cm³/mol. The first kappa shape index (κ1) is 14.1. The number of nitrogens with zero attached hydrogens (tertiary/aromatic N) is 1. The zero-order valence-electron chi connectivity index (χ0n) is 11.3. The number of ether oxygens (including phenoxy) is 1. The lowest BCUT2D eigenvalue weighted by atomic mass is 9.85.